The molecule has 1 aromatic carbocycles. The monoisotopic (exact) mass is 199 g/mol. The Kier molecular flexibility index (Phi) is 3.72. The maximum atomic E-state index is 8.93. The van der Waals surface area contributed by atoms with Gasteiger partial charge < -0.3 is 10.8 Å². The van der Waals surface area contributed by atoms with Crippen molar-refractivity contribution in [2.75, 3.05) is 6.61 Å². The number of hydrogen-bond acceptors (Lipinski definition) is 2. The first kappa shape index (κ1) is 10.5. The van der Waals surface area contributed by atoms with Crippen LogP contribution in [0.4, 0.5) is 0 Å². The lowest BCUT2D eigenvalue weighted by Crippen LogP contribution is -2.16. The summed E-state index contributed by atoms with van der Waals surface area (Å²) in [4.78, 5) is 0. The predicted molar refractivity (Wildman–Crippen MR) is 54.8 cm³/mol. The minimum Gasteiger partial charge on any atom is -0.394 e. The van der Waals surface area contributed by atoms with Gasteiger partial charge in [-0.3, -0.25) is 0 Å². The summed E-state index contributed by atoms with van der Waals surface area (Å²) < 4.78 is 0. The largest absolute Gasteiger partial charge is 0.394 e. The van der Waals surface area contributed by atoms with Crippen molar-refractivity contribution in [3.8, 4) is 0 Å². The van der Waals surface area contributed by atoms with Crippen molar-refractivity contribution in [1.82, 2.24) is 0 Å². The van der Waals surface area contributed by atoms with E-state index in [1.807, 2.05) is 25.1 Å². The second-order valence-corrected chi connectivity index (χ2v) is 3.36. The Balaban J connectivity index is 3.12. The molecule has 0 saturated carbocycles. The number of aliphatic hydroxyl groups excluding tert-OH is 1. The van der Waals surface area contributed by atoms with Gasteiger partial charge in [0.25, 0.3) is 0 Å². The summed E-state index contributed by atoms with van der Waals surface area (Å²) in [5.41, 5.74) is 7.71. The SMILES string of the molecule is CCc1c(Cl)cccc1[C@@H](N)CO. The lowest BCUT2D eigenvalue weighted by molar-refractivity contribution is 0.267. The molecular weight excluding hydrogens is 186 g/mol. The van der Waals surface area contributed by atoms with Gasteiger partial charge in [-0.05, 0) is 23.6 Å². The molecule has 1 aromatic rings. The second-order valence-electron chi connectivity index (χ2n) is 2.95. The van der Waals surface area contributed by atoms with Crippen LogP contribution in [0.3, 0.4) is 0 Å². The van der Waals surface area contributed by atoms with Gasteiger partial charge in [0.2, 0.25) is 0 Å². The van der Waals surface area contributed by atoms with Gasteiger partial charge in [0, 0.05) is 5.02 Å². The van der Waals surface area contributed by atoms with Crippen molar-refractivity contribution in [2.45, 2.75) is 19.4 Å². The summed E-state index contributed by atoms with van der Waals surface area (Å²) in [6, 6.07) is 5.28. The van der Waals surface area contributed by atoms with Crippen LogP contribution >= 0.6 is 11.6 Å². The molecule has 0 bridgehead atoms. The fraction of sp³-hybridized carbons (Fsp3) is 0.400. The zero-order valence-electron chi connectivity index (χ0n) is 7.63. The number of halogens is 1. The van der Waals surface area contributed by atoms with E-state index in [9.17, 15) is 0 Å². The van der Waals surface area contributed by atoms with E-state index in [1.54, 1.807) is 0 Å². The van der Waals surface area contributed by atoms with Gasteiger partial charge in [-0.25, -0.2) is 0 Å². The van der Waals surface area contributed by atoms with Gasteiger partial charge in [0.15, 0.2) is 0 Å². The van der Waals surface area contributed by atoms with Crippen LogP contribution in [0.2, 0.25) is 5.02 Å². The topological polar surface area (TPSA) is 46.2 Å². The highest BCUT2D eigenvalue weighted by Crippen LogP contribution is 2.24. The van der Waals surface area contributed by atoms with Crippen LogP contribution in [0.15, 0.2) is 18.2 Å². The molecule has 0 saturated heterocycles. The van der Waals surface area contributed by atoms with E-state index in [-0.39, 0.29) is 12.6 Å². The van der Waals surface area contributed by atoms with E-state index in [0.717, 1.165) is 22.6 Å². The van der Waals surface area contributed by atoms with Crippen LogP contribution in [-0.4, -0.2) is 11.7 Å². The summed E-state index contributed by atoms with van der Waals surface area (Å²) in [5.74, 6) is 0. The standard InChI is InChI=1S/C10H14ClNO/c1-2-7-8(10(12)6-13)4-3-5-9(7)11/h3-5,10,13H,2,6,12H2,1H3/t10-/m0/s1. The molecule has 0 aliphatic rings. The minimum atomic E-state index is -0.325. The molecule has 0 amide bonds. The van der Waals surface area contributed by atoms with Crippen molar-refractivity contribution in [3.05, 3.63) is 34.3 Å². The van der Waals surface area contributed by atoms with Crippen molar-refractivity contribution >= 4 is 11.6 Å². The molecule has 0 radical (unpaired) electrons. The zero-order valence-corrected chi connectivity index (χ0v) is 8.38. The van der Waals surface area contributed by atoms with Gasteiger partial charge in [-0.1, -0.05) is 30.7 Å². The Morgan fingerprint density at radius 3 is 2.77 bits per heavy atom. The summed E-state index contributed by atoms with van der Waals surface area (Å²) in [6.07, 6.45) is 0.836. The van der Waals surface area contributed by atoms with Crippen LogP contribution < -0.4 is 5.73 Å². The molecule has 0 heterocycles. The van der Waals surface area contributed by atoms with Crippen molar-refractivity contribution in [3.63, 3.8) is 0 Å². The molecule has 0 aliphatic carbocycles. The fourth-order valence-electron chi connectivity index (χ4n) is 1.39. The van der Waals surface area contributed by atoms with E-state index in [1.165, 1.54) is 0 Å². The maximum absolute atomic E-state index is 8.93. The number of nitrogens with two attached hydrogens (primary N) is 1. The van der Waals surface area contributed by atoms with E-state index in [0.29, 0.717) is 0 Å². The molecule has 2 nitrogen and oxygen atoms in total. The highest BCUT2D eigenvalue weighted by atomic mass is 35.5. The summed E-state index contributed by atoms with van der Waals surface area (Å²) in [6.45, 7) is 1.97. The molecule has 13 heavy (non-hydrogen) atoms. The molecule has 0 aliphatic heterocycles. The lowest BCUT2D eigenvalue weighted by atomic mass is 9.99. The highest BCUT2D eigenvalue weighted by molar-refractivity contribution is 6.31. The first-order chi connectivity index (χ1) is 6.20. The average molecular weight is 200 g/mol. The molecule has 0 unspecified atom stereocenters. The van der Waals surface area contributed by atoms with Crippen LogP contribution in [0.1, 0.15) is 24.1 Å². The Labute approximate surface area is 83.3 Å². The van der Waals surface area contributed by atoms with Crippen LogP contribution in [0, 0.1) is 0 Å². The Morgan fingerprint density at radius 2 is 2.23 bits per heavy atom. The van der Waals surface area contributed by atoms with Gasteiger partial charge in [-0.15, -0.1) is 0 Å². The summed E-state index contributed by atoms with van der Waals surface area (Å²) in [5, 5.41) is 9.66. The summed E-state index contributed by atoms with van der Waals surface area (Å²) >= 11 is 5.99. The molecule has 1 atom stereocenters. The summed E-state index contributed by atoms with van der Waals surface area (Å²) in [7, 11) is 0. The minimum absolute atomic E-state index is 0.0483. The molecule has 72 valence electrons. The third-order valence-electron chi connectivity index (χ3n) is 2.10. The Morgan fingerprint density at radius 1 is 1.54 bits per heavy atom. The molecular formula is C10H14ClNO. The van der Waals surface area contributed by atoms with Crippen LogP contribution in [-0.2, 0) is 6.42 Å². The van der Waals surface area contributed by atoms with Crippen molar-refractivity contribution < 1.29 is 5.11 Å². The molecule has 3 heteroatoms. The maximum Gasteiger partial charge on any atom is 0.0624 e. The van der Waals surface area contributed by atoms with Gasteiger partial charge >= 0.3 is 0 Å². The highest BCUT2D eigenvalue weighted by Gasteiger charge is 2.10. The van der Waals surface area contributed by atoms with Gasteiger partial charge in [-0.2, -0.15) is 0 Å². The van der Waals surface area contributed by atoms with Gasteiger partial charge in [0.05, 0.1) is 12.6 Å². The molecule has 0 fully saturated rings. The fourth-order valence-corrected chi connectivity index (χ4v) is 1.71. The molecule has 3 N–H and O–H groups in total. The Hall–Kier alpha value is -0.570. The molecule has 0 aromatic heterocycles. The number of rotatable bonds is 3. The van der Waals surface area contributed by atoms with E-state index < -0.39 is 0 Å². The average Bonchev–Trinajstić information content (AvgIpc) is 2.16. The van der Waals surface area contributed by atoms with Crippen LogP contribution in [0.5, 0.6) is 0 Å². The van der Waals surface area contributed by atoms with Crippen LogP contribution in [0.25, 0.3) is 0 Å². The number of benzene rings is 1. The molecule has 0 spiro atoms. The predicted octanol–water partition coefficient (Wildman–Crippen LogP) is 1.89. The molecule has 1 rings (SSSR count). The number of hydrogen-bond donors (Lipinski definition) is 2. The third kappa shape index (κ3) is 2.21. The quantitative estimate of drug-likeness (QED) is 0.781. The third-order valence-corrected chi connectivity index (χ3v) is 2.46. The van der Waals surface area contributed by atoms with Crippen molar-refractivity contribution in [2.24, 2.45) is 5.73 Å². The second kappa shape index (κ2) is 4.61. The number of aliphatic hydroxyl groups is 1. The van der Waals surface area contributed by atoms with E-state index in [4.69, 9.17) is 22.4 Å². The first-order valence-electron chi connectivity index (χ1n) is 4.34. The van der Waals surface area contributed by atoms with Crippen molar-refractivity contribution in [1.29, 1.82) is 0 Å². The smallest absolute Gasteiger partial charge is 0.0624 e. The first-order valence-corrected chi connectivity index (χ1v) is 4.72. The Bertz CT molecular complexity index is 288. The van der Waals surface area contributed by atoms with Gasteiger partial charge in [0.1, 0.15) is 0 Å². The zero-order chi connectivity index (χ0) is 9.84. The van der Waals surface area contributed by atoms with E-state index in [2.05, 4.69) is 0 Å². The normalized spacial score (nSPS) is 12.9. The van der Waals surface area contributed by atoms with E-state index >= 15 is 0 Å². The lowest BCUT2D eigenvalue weighted by Gasteiger charge is -2.14.